The monoisotopic (exact) mass is 286 g/mol. The lowest BCUT2D eigenvalue weighted by atomic mass is 10.2. The van der Waals surface area contributed by atoms with Crippen molar-refractivity contribution in [2.24, 2.45) is 0 Å². The van der Waals surface area contributed by atoms with Crippen molar-refractivity contribution in [1.29, 1.82) is 0 Å². The molecule has 1 N–H and O–H groups in total. The van der Waals surface area contributed by atoms with Gasteiger partial charge in [0, 0.05) is 12.4 Å². The van der Waals surface area contributed by atoms with Crippen LogP contribution in [0.3, 0.4) is 0 Å². The maximum atomic E-state index is 11.1. The average Bonchev–Trinajstić information content (AvgIpc) is 2.47. The molecule has 2 aromatic rings. The quantitative estimate of drug-likeness (QED) is 0.878. The number of aromatic nitrogens is 2. The molecule has 4 heteroatoms. The van der Waals surface area contributed by atoms with E-state index in [0.717, 1.165) is 16.6 Å². The van der Waals surface area contributed by atoms with Crippen LogP contribution in [-0.2, 0) is 0 Å². The van der Waals surface area contributed by atoms with Gasteiger partial charge in [-0.3, -0.25) is 9.97 Å². The summed E-state index contributed by atoms with van der Waals surface area (Å²) in [5, 5.41) is 1.00. The second-order valence-electron chi connectivity index (χ2n) is 5.78. The SMILES string of the molecule is CC(C)[Si](O)(c1ccc(-c2ccccn2)nc1)C(C)C. The first-order chi connectivity index (χ1) is 9.46. The molecule has 0 saturated heterocycles. The van der Waals surface area contributed by atoms with Gasteiger partial charge < -0.3 is 4.80 Å². The van der Waals surface area contributed by atoms with Gasteiger partial charge in [0.15, 0.2) is 0 Å². The predicted octanol–water partition coefficient (Wildman–Crippen LogP) is 3.11. The van der Waals surface area contributed by atoms with Gasteiger partial charge in [0.1, 0.15) is 0 Å². The summed E-state index contributed by atoms with van der Waals surface area (Å²) in [6.07, 6.45) is 3.59. The van der Waals surface area contributed by atoms with Crippen molar-refractivity contribution in [2.45, 2.75) is 38.8 Å². The zero-order valence-electron chi connectivity index (χ0n) is 12.5. The Balaban J connectivity index is 2.37. The molecular formula is C16H22N2OSi. The van der Waals surface area contributed by atoms with E-state index in [0.29, 0.717) is 0 Å². The smallest absolute Gasteiger partial charge is 0.226 e. The van der Waals surface area contributed by atoms with E-state index < -0.39 is 8.32 Å². The molecule has 0 saturated carbocycles. The van der Waals surface area contributed by atoms with Crippen molar-refractivity contribution in [3.8, 4) is 11.4 Å². The summed E-state index contributed by atoms with van der Waals surface area (Å²) in [5.41, 5.74) is 2.24. The summed E-state index contributed by atoms with van der Waals surface area (Å²) >= 11 is 0. The molecule has 2 aromatic heterocycles. The number of nitrogens with zero attached hydrogens (tertiary/aromatic N) is 2. The Morgan fingerprint density at radius 3 is 2.00 bits per heavy atom. The zero-order chi connectivity index (χ0) is 14.8. The van der Waals surface area contributed by atoms with E-state index in [9.17, 15) is 4.80 Å². The van der Waals surface area contributed by atoms with Crippen molar-refractivity contribution in [1.82, 2.24) is 9.97 Å². The first-order valence-electron chi connectivity index (χ1n) is 7.06. The topological polar surface area (TPSA) is 46.0 Å². The Bertz CT molecular complexity index is 544. The lowest BCUT2D eigenvalue weighted by Gasteiger charge is -2.33. The Hall–Kier alpha value is -1.52. The van der Waals surface area contributed by atoms with Gasteiger partial charge in [0.05, 0.1) is 11.4 Å². The molecule has 0 atom stereocenters. The molecule has 0 radical (unpaired) electrons. The van der Waals surface area contributed by atoms with E-state index in [2.05, 4.69) is 37.7 Å². The molecule has 3 nitrogen and oxygen atoms in total. The van der Waals surface area contributed by atoms with Crippen LogP contribution in [-0.4, -0.2) is 23.1 Å². The van der Waals surface area contributed by atoms with Gasteiger partial charge in [-0.2, -0.15) is 0 Å². The van der Waals surface area contributed by atoms with Crippen molar-refractivity contribution in [3.63, 3.8) is 0 Å². The summed E-state index contributed by atoms with van der Waals surface area (Å²) < 4.78 is 0. The highest BCUT2D eigenvalue weighted by atomic mass is 28.4. The number of hydrogen-bond acceptors (Lipinski definition) is 3. The Morgan fingerprint density at radius 2 is 1.55 bits per heavy atom. The summed E-state index contributed by atoms with van der Waals surface area (Å²) in [5.74, 6) is 0. The van der Waals surface area contributed by atoms with Crippen LogP contribution in [0.4, 0.5) is 0 Å². The summed E-state index contributed by atoms with van der Waals surface area (Å²) in [7, 11) is -2.49. The fourth-order valence-corrected chi connectivity index (χ4v) is 5.92. The van der Waals surface area contributed by atoms with Crippen LogP contribution in [0.1, 0.15) is 27.7 Å². The van der Waals surface area contributed by atoms with Gasteiger partial charge in [-0.05, 0) is 34.5 Å². The minimum Gasteiger partial charge on any atom is -0.427 e. The molecule has 0 aliphatic carbocycles. The molecule has 0 aromatic carbocycles. The highest BCUT2D eigenvalue weighted by molar-refractivity contribution is 6.87. The van der Waals surface area contributed by atoms with E-state index in [1.54, 1.807) is 6.20 Å². The highest BCUT2D eigenvalue weighted by Gasteiger charge is 2.40. The Morgan fingerprint density at radius 1 is 0.900 bits per heavy atom. The van der Waals surface area contributed by atoms with Crippen LogP contribution in [0.5, 0.6) is 0 Å². The molecule has 0 spiro atoms. The lowest BCUT2D eigenvalue weighted by Crippen LogP contribution is -2.53. The van der Waals surface area contributed by atoms with Crippen molar-refractivity contribution in [3.05, 3.63) is 42.7 Å². The van der Waals surface area contributed by atoms with Crippen LogP contribution in [0.25, 0.3) is 11.4 Å². The minimum atomic E-state index is -2.49. The molecule has 2 heterocycles. The number of pyridine rings is 2. The Labute approximate surface area is 121 Å². The molecular weight excluding hydrogens is 264 g/mol. The molecule has 0 bridgehead atoms. The molecule has 0 aliphatic heterocycles. The largest absolute Gasteiger partial charge is 0.427 e. The van der Waals surface area contributed by atoms with Gasteiger partial charge in [0.25, 0.3) is 0 Å². The fourth-order valence-electron chi connectivity index (χ4n) is 2.63. The molecule has 0 amide bonds. The van der Waals surface area contributed by atoms with Gasteiger partial charge in [0.2, 0.25) is 8.32 Å². The van der Waals surface area contributed by atoms with E-state index in [1.165, 1.54) is 0 Å². The predicted molar refractivity (Wildman–Crippen MR) is 85.3 cm³/mol. The van der Waals surface area contributed by atoms with Crippen molar-refractivity contribution in [2.75, 3.05) is 0 Å². The summed E-state index contributed by atoms with van der Waals surface area (Å²) in [6, 6.07) is 9.76. The van der Waals surface area contributed by atoms with Crippen LogP contribution < -0.4 is 5.19 Å². The molecule has 106 valence electrons. The van der Waals surface area contributed by atoms with E-state index in [1.807, 2.05) is 36.5 Å². The highest BCUT2D eigenvalue weighted by Crippen LogP contribution is 2.29. The minimum absolute atomic E-state index is 0.269. The second-order valence-corrected chi connectivity index (χ2v) is 10.3. The maximum absolute atomic E-state index is 11.1. The average molecular weight is 286 g/mol. The van der Waals surface area contributed by atoms with Crippen LogP contribution in [0, 0.1) is 0 Å². The second kappa shape index (κ2) is 5.85. The third-order valence-corrected chi connectivity index (χ3v) is 8.66. The fraction of sp³-hybridized carbons (Fsp3) is 0.375. The van der Waals surface area contributed by atoms with E-state index in [-0.39, 0.29) is 11.1 Å². The first-order valence-corrected chi connectivity index (χ1v) is 9.16. The summed E-state index contributed by atoms with van der Waals surface area (Å²) in [4.78, 5) is 19.9. The zero-order valence-corrected chi connectivity index (χ0v) is 13.5. The third-order valence-electron chi connectivity index (χ3n) is 3.91. The van der Waals surface area contributed by atoms with E-state index in [4.69, 9.17) is 0 Å². The summed E-state index contributed by atoms with van der Waals surface area (Å²) in [6.45, 7) is 8.38. The van der Waals surface area contributed by atoms with Crippen LogP contribution in [0.15, 0.2) is 42.7 Å². The maximum Gasteiger partial charge on any atom is 0.226 e. The standard InChI is InChI=1S/C16H22N2OSi/c1-12(2)20(19,13(3)4)14-8-9-16(18-11-14)15-7-5-6-10-17-15/h5-13,19H,1-4H3. The molecule has 0 fully saturated rings. The molecule has 2 rings (SSSR count). The molecule has 20 heavy (non-hydrogen) atoms. The van der Waals surface area contributed by atoms with Crippen molar-refractivity contribution < 1.29 is 4.80 Å². The Kier molecular flexibility index (Phi) is 4.35. The molecule has 0 unspecified atom stereocenters. The van der Waals surface area contributed by atoms with Gasteiger partial charge in [-0.25, -0.2) is 0 Å². The van der Waals surface area contributed by atoms with E-state index >= 15 is 0 Å². The van der Waals surface area contributed by atoms with Gasteiger partial charge in [-0.15, -0.1) is 0 Å². The first kappa shape index (κ1) is 14.9. The normalized spacial score (nSPS) is 12.2. The third kappa shape index (κ3) is 2.67. The number of hydrogen-bond donors (Lipinski definition) is 1. The van der Waals surface area contributed by atoms with Crippen LogP contribution >= 0.6 is 0 Å². The van der Waals surface area contributed by atoms with Gasteiger partial charge >= 0.3 is 0 Å². The lowest BCUT2D eigenvalue weighted by molar-refractivity contribution is 0.512. The number of rotatable bonds is 4. The molecule has 0 aliphatic rings. The van der Waals surface area contributed by atoms with Gasteiger partial charge in [-0.1, -0.05) is 39.8 Å². The van der Waals surface area contributed by atoms with Crippen LogP contribution in [0.2, 0.25) is 11.1 Å². The van der Waals surface area contributed by atoms with Crippen molar-refractivity contribution >= 4 is 13.5 Å².